The minimum atomic E-state index is -0.0779. The number of nitrogens with zero attached hydrogens (tertiary/aromatic N) is 1. The van der Waals surface area contributed by atoms with Crippen LogP contribution in [0.3, 0.4) is 0 Å². The lowest BCUT2D eigenvalue weighted by molar-refractivity contribution is 0.330. The summed E-state index contributed by atoms with van der Waals surface area (Å²) in [5.41, 5.74) is 2.96. The second-order valence-electron chi connectivity index (χ2n) is 4.80. The third-order valence-corrected chi connectivity index (χ3v) is 3.45. The Morgan fingerprint density at radius 2 is 2.31 bits per heavy atom. The average molecular weight is 216 g/mol. The van der Waals surface area contributed by atoms with Gasteiger partial charge >= 0.3 is 0 Å². The number of fused-ring (bicyclic) bond motifs is 1. The fourth-order valence-electron chi connectivity index (χ4n) is 2.40. The van der Waals surface area contributed by atoms with Crippen LogP contribution in [0.1, 0.15) is 31.2 Å². The average Bonchev–Trinajstić information content (AvgIpc) is 2.85. The lowest BCUT2D eigenvalue weighted by atomic mass is 10.0. The zero-order chi connectivity index (χ0) is 11.2. The monoisotopic (exact) mass is 216 g/mol. The van der Waals surface area contributed by atoms with E-state index in [0.29, 0.717) is 0 Å². The third kappa shape index (κ3) is 1.35. The highest BCUT2D eigenvalue weighted by molar-refractivity contribution is 5.76. The summed E-state index contributed by atoms with van der Waals surface area (Å²) in [5, 5.41) is 3.47. The van der Waals surface area contributed by atoms with E-state index in [0.717, 1.165) is 35.5 Å². The van der Waals surface area contributed by atoms with Gasteiger partial charge in [0, 0.05) is 0 Å². The number of para-hydroxylation sites is 1. The molecule has 0 aliphatic carbocycles. The van der Waals surface area contributed by atoms with E-state index in [-0.39, 0.29) is 5.54 Å². The van der Waals surface area contributed by atoms with Gasteiger partial charge < -0.3 is 9.73 Å². The highest BCUT2D eigenvalue weighted by Crippen LogP contribution is 2.32. The van der Waals surface area contributed by atoms with Gasteiger partial charge in [0.1, 0.15) is 5.52 Å². The number of hydrogen-bond acceptors (Lipinski definition) is 3. The van der Waals surface area contributed by atoms with E-state index in [1.165, 1.54) is 6.42 Å². The molecular formula is C13H16N2O. The molecule has 3 heteroatoms. The molecule has 1 N–H and O–H groups in total. The number of oxazole rings is 1. The van der Waals surface area contributed by atoms with Crippen molar-refractivity contribution in [3.05, 3.63) is 29.7 Å². The van der Waals surface area contributed by atoms with Gasteiger partial charge in [0.2, 0.25) is 5.89 Å². The molecule has 1 aromatic heterocycles. The van der Waals surface area contributed by atoms with Crippen LogP contribution in [-0.4, -0.2) is 11.5 Å². The summed E-state index contributed by atoms with van der Waals surface area (Å²) >= 11 is 0. The predicted octanol–water partition coefficient (Wildman–Crippen LogP) is 2.73. The zero-order valence-corrected chi connectivity index (χ0v) is 9.71. The molecule has 2 aromatic rings. The van der Waals surface area contributed by atoms with Crippen molar-refractivity contribution in [1.29, 1.82) is 0 Å². The fraction of sp³-hybridized carbons (Fsp3) is 0.462. The number of benzene rings is 1. The molecular weight excluding hydrogens is 200 g/mol. The Labute approximate surface area is 94.9 Å². The summed E-state index contributed by atoms with van der Waals surface area (Å²) in [6.07, 6.45) is 2.28. The second-order valence-corrected chi connectivity index (χ2v) is 4.80. The largest absolute Gasteiger partial charge is 0.438 e. The van der Waals surface area contributed by atoms with Crippen LogP contribution in [0.25, 0.3) is 11.1 Å². The second kappa shape index (κ2) is 3.32. The summed E-state index contributed by atoms with van der Waals surface area (Å²) in [5.74, 6) is 0.828. The first kappa shape index (κ1) is 9.85. The molecule has 0 radical (unpaired) electrons. The predicted molar refractivity (Wildman–Crippen MR) is 63.3 cm³/mol. The summed E-state index contributed by atoms with van der Waals surface area (Å²) in [4.78, 5) is 4.60. The van der Waals surface area contributed by atoms with Crippen molar-refractivity contribution < 1.29 is 4.42 Å². The molecule has 1 aromatic carbocycles. The van der Waals surface area contributed by atoms with E-state index in [2.05, 4.69) is 30.2 Å². The minimum Gasteiger partial charge on any atom is -0.438 e. The van der Waals surface area contributed by atoms with Crippen molar-refractivity contribution in [3.63, 3.8) is 0 Å². The Balaban J connectivity index is 2.15. The SMILES string of the molecule is Cc1cccc2nc(C3(C)CCCN3)oc12. The van der Waals surface area contributed by atoms with Crippen molar-refractivity contribution in [3.8, 4) is 0 Å². The first-order valence-electron chi connectivity index (χ1n) is 5.81. The molecule has 1 fully saturated rings. The fourth-order valence-corrected chi connectivity index (χ4v) is 2.40. The van der Waals surface area contributed by atoms with Gasteiger partial charge in [-0.25, -0.2) is 4.98 Å². The Kier molecular flexibility index (Phi) is 2.04. The molecule has 1 atom stereocenters. The molecule has 1 aliphatic heterocycles. The molecule has 3 nitrogen and oxygen atoms in total. The van der Waals surface area contributed by atoms with E-state index in [1.54, 1.807) is 0 Å². The van der Waals surface area contributed by atoms with Gasteiger partial charge in [-0.1, -0.05) is 12.1 Å². The first-order chi connectivity index (χ1) is 7.69. The maximum absolute atomic E-state index is 5.91. The third-order valence-electron chi connectivity index (χ3n) is 3.45. The van der Waals surface area contributed by atoms with Crippen molar-refractivity contribution >= 4 is 11.1 Å². The Bertz CT molecular complexity index is 524. The van der Waals surface area contributed by atoms with Crippen LogP contribution in [0.2, 0.25) is 0 Å². The smallest absolute Gasteiger partial charge is 0.215 e. The summed E-state index contributed by atoms with van der Waals surface area (Å²) in [6.45, 7) is 5.27. The molecule has 3 rings (SSSR count). The van der Waals surface area contributed by atoms with Crippen LogP contribution in [0.5, 0.6) is 0 Å². The van der Waals surface area contributed by atoms with Crippen LogP contribution in [-0.2, 0) is 5.54 Å². The van der Waals surface area contributed by atoms with E-state index in [1.807, 2.05) is 12.1 Å². The Hall–Kier alpha value is -1.35. The number of nitrogens with one attached hydrogen (secondary N) is 1. The summed E-state index contributed by atoms with van der Waals surface area (Å²) in [6, 6.07) is 6.09. The Morgan fingerprint density at radius 3 is 3.00 bits per heavy atom. The van der Waals surface area contributed by atoms with Gasteiger partial charge in [0.15, 0.2) is 5.58 Å². The topological polar surface area (TPSA) is 38.1 Å². The quantitative estimate of drug-likeness (QED) is 0.796. The number of aryl methyl sites for hydroxylation is 1. The molecule has 0 spiro atoms. The number of aromatic nitrogens is 1. The molecule has 0 amide bonds. The van der Waals surface area contributed by atoms with Gasteiger partial charge in [0.05, 0.1) is 5.54 Å². The van der Waals surface area contributed by atoms with Crippen molar-refractivity contribution in [1.82, 2.24) is 10.3 Å². The number of rotatable bonds is 1. The molecule has 84 valence electrons. The van der Waals surface area contributed by atoms with Gasteiger partial charge in [0.25, 0.3) is 0 Å². The van der Waals surface area contributed by atoms with Crippen LogP contribution < -0.4 is 5.32 Å². The van der Waals surface area contributed by atoms with Crippen LogP contribution in [0, 0.1) is 6.92 Å². The zero-order valence-electron chi connectivity index (χ0n) is 9.71. The van der Waals surface area contributed by atoms with Crippen LogP contribution in [0.15, 0.2) is 22.6 Å². The molecule has 1 aliphatic rings. The van der Waals surface area contributed by atoms with Gasteiger partial charge in [-0.15, -0.1) is 0 Å². The standard InChI is InChI=1S/C13H16N2O/c1-9-5-3-6-10-11(9)16-12(15-10)13(2)7-4-8-14-13/h3,5-6,14H,4,7-8H2,1-2H3. The van der Waals surface area contributed by atoms with Crippen molar-refractivity contribution in [2.45, 2.75) is 32.2 Å². The highest BCUT2D eigenvalue weighted by atomic mass is 16.4. The lowest BCUT2D eigenvalue weighted by Crippen LogP contribution is -2.33. The van der Waals surface area contributed by atoms with E-state index in [9.17, 15) is 0 Å². The molecule has 16 heavy (non-hydrogen) atoms. The van der Waals surface area contributed by atoms with Gasteiger partial charge in [-0.3, -0.25) is 0 Å². The molecule has 1 saturated heterocycles. The molecule has 0 saturated carbocycles. The van der Waals surface area contributed by atoms with Crippen molar-refractivity contribution in [2.75, 3.05) is 6.54 Å². The van der Waals surface area contributed by atoms with E-state index >= 15 is 0 Å². The molecule has 2 heterocycles. The molecule has 1 unspecified atom stereocenters. The normalized spacial score (nSPS) is 25.4. The van der Waals surface area contributed by atoms with Crippen molar-refractivity contribution in [2.24, 2.45) is 0 Å². The van der Waals surface area contributed by atoms with E-state index < -0.39 is 0 Å². The summed E-state index contributed by atoms with van der Waals surface area (Å²) < 4.78 is 5.91. The first-order valence-corrected chi connectivity index (χ1v) is 5.81. The lowest BCUT2D eigenvalue weighted by Gasteiger charge is -2.19. The summed E-state index contributed by atoms with van der Waals surface area (Å²) in [7, 11) is 0. The van der Waals surface area contributed by atoms with Crippen LogP contribution >= 0.6 is 0 Å². The number of hydrogen-bond donors (Lipinski definition) is 1. The van der Waals surface area contributed by atoms with Gasteiger partial charge in [-0.2, -0.15) is 0 Å². The van der Waals surface area contributed by atoms with Crippen LogP contribution in [0.4, 0.5) is 0 Å². The highest BCUT2D eigenvalue weighted by Gasteiger charge is 2.35. The molecule has 0 bridgehead atoms. The maximum atomic E-state index is 5.91. The maximum Gasteiger partial charge on any atom is 0.215 e. The Morgan fingerprint density at radius 1 is 1.44 bits per heavy atom. The van der Waals surface area contributed by atoms with Gasteiger partial charge in [-0.05, 0) is 44.9 Å². The minimum absolute atomic E-state index is 0.0779. The van der Waals surface area contributed by atoms with E-state index in [4.69, 9.17) is 4.42 Å².